The van der Waals surface area contributed by atoms with Crippen LogP contribution in [0.2, 0.25) is 0 Å². The van der Waals surface area contributed by atoms with E-state index in [1.54, 1.807) is 19.2 Å². The zero-order valence-electron chi connectivity index (χ0n) is 16.2. The minimum Gasteiger partial charge on any atom is -0.422 e. The van der Waals surface area contributed by atoms with Gasteiger partial charge >= 0.3 is 7.67 Å². The monoisotopic (exact) mass is 369 g/mol. The molecule has 1 aromatic rings. The Morgan fingerprint density at radius 2 is 1.72 bits per heavy atom. The fourth-order valence-corrected chi connectivity index (χ4v) is 5.19. The molecular weight excluding hydrogens is 337 g/mol. The van der Waals surface area contributed by atoms with Gasteiger partial charge in [0.15, 0.2) is 0 Å². The fourth-order valence-electron chi connectivity index (χ4n) is 3.84. The van der Waals surface area contributed by atoms with Crippen LogP contribution in [0.4, 0.5) is 0 Å². The summed E-state index contributed by atoms with van der Waals surface area (Å²) in [6.45, 7) is 11.2. The third kappa shape index (κ3) is 5.05. The highest BCUT2D eigenvalue weighted by Crippen LogP contribution is 2.44. The summed E-state index contributed by atoms with van der Waals surface area (Å²) in [7, 11) is -1.54. The highest BCUT2D eigenvalue weighted by atomic mass is 31.2. The molecule has 1 saturated heterocycles. The number of piperidine rings is 1. The van der Waals surface area contributed by atoms with Crippen molar-refractivity contribution in [3.63, 3.8) is 0 Å². The van der Waals surface area contributed by atoms with Gasteiger partial charge in [-0.3, -0.25) is 4.84 Å². The lowest BCUT2D eigenvalue weighted by molar-refractivity contribution is -0.280. The van der Waals surface area contributed by atoms with Crippen molar-refractivity contribution in [2.75, 3.05) is 13.7 Å². The van der Waals surface area contributed by atoms with Gasteiger partial charge < -0.3 is 4.52 Å². The first-order valence-corrected chi connectivity index (χ1v) is 10.5. The Kier molecular flexibility index (Phi) is 6.34. The largest absolute Gasteiger partial charge is 0.422 e. The second-order valence-electron chi connectivity index (χ2n) is 7.75. The van der Waals surface area contributed by atoms with E-state index in [4.69, 9.17) is 9.36 Å². The van der Waals surface area contributed by atoms with Gasteiger partial charge in [0.2, 0.25) is 0 Å². The summed E-state index contributed by atoms with van der Waals surface area (Å²) in [5.41, 5.74) is -0.360. The van der Waals surface area contributed by atoms with Gasteiger partial charge in [-0.15, -0.1) is 0 Å². The highest BCUT2D eigenvalue weighted by molar-refractivity contribution is 7.55. The molecule has 7 heteroatoms. The molecule has 0 aromatic heterocycles. The number of hydroxylamine groups is 2. The van der Waals surface area contributed by atoms with Crippen LogP contribution in [-0.2, 0) is 9.40 Å². The van der Waals surface area contributed by atoms with E-state index in [1.165, 1.54) is 0 Å². The zero-order valence-corrected chi connectivity index (χ0v) is 17.1. The third-order valence-corrected chi connectivity index (χ3v) is 6.24. The number of para-hydroxylation sites is 1. The van der Waals surface area contributed by atoms with Gasteiger partial charge in [-0.25, -0.2) is 14.7 Å². The van der Waals surface area contributed by atoms with Gasteiger partial charge in [0, 0.05) is 17.1 Å². The first-order chi connectivity index (χ1) is 11.6. The molecule has 0 spiro atoms. The Balaban J connectivity index is 2.14. The van der Waals surface area contributed by atoms with Crippen LogP contribution in [0.1, 0.15) is 47.5 Å². The molecule has 1 fully saturated rings. The maximum absolute atomic E-state index is 13.2. The fraction of sp³-hybridized carbons (Fsp3) is 0.667. The molecule has 1 aliphatic heterocycles. The number of rotatable bonds is 7. The van der Waals surface area contributed by atoms with Crippen LogP contribution in [-0.4, -0.2) is 35.8 Å². The molecule has 6 nitrogen and oxygen atoms in total. The quantitative estimate of drug-likeness (QED) is 0.710. The first-order valence-electron chi connectivity index (χ1n) is 8.87. The number of benzene rings is 1. The van der Waals surface area contributed by atoms with E-state index in [1.807, 2.05) is 25.1 Å². The van der Waals surface area contributed by atoms with Gasteiger partial charge in [0.1, 0.15) is 5.75 Å². The molecule has 1 unspecified atom stereocenters. The molecule has 25 heavy (non-hydrogen) atoms. The molecule has 1 atom stereocenters. The van der Waals surface area contributed by atoms with E-state index in [0.29, 0.717) is 12.4 Å². The van der Waals surface area contributed by atoms with Crippen LogP contribution in [0, 0.1) is 0 Å². The van der Waals surface area contributed by atoms with Crippen LogP contribution < -0.4 is 14.7 Å². The number of hydrogen-bond acceptors (Lipinski definition) is 4. The lowest BCUT2D eigenvalue weighted by atomic mass is 9.79. The maximum Gasteiger partial charge on any atom is 0.390 e. The van der Waals surface area contributed by atoms with Crippen LogP contribution >= 0.6 is 7.67 Å². The second kappa shape index (κ2) is 7.77. The second-order valence-corrected chi connectivity index (χ2v) is 9.74. The van der Waals surface area contributed by atoms with E-state index < -0.39 is 7.67 Å². The van der Waals surface area contributed by atoms with Crippen molar-refractivity contribution < 1.29 is 13.9 Å². The molecule has 1 aliphatic rings. The summed E-state index contributed by atoms with van der Waals surface area (Å²) >= 11 is 0. The standard InChI is InChI=1S/C18H32N3O3P/c1-7-23-21-17(2,3)13-15(14-18(21,4)5)20-25(22,19-6)24-16-11-9-8-10-12-16/h8-12,15H,7,13-14H2,1-6H3,(H2,19,20,22). The Morgan fingerprint density at radius 1 is 1.16 bits per heavy atom. The minimum absolute atomic E-state index is 0.0451. The Bertz CT molecular complexity index is 589. The SMILES string of the molecule is CCON1C(C)(C)CC(NP(=O)(NC)Oc2ccccc2)CC1(C)C. The predicted octanol–water partition coefficient (Wildman–Crippen LogP) is 3.96. The minimum atomic E-state index is -3.20. The van der Waals surface area contributed by atoms with Gasteiger partial charge in [-0.1, -0.05) is 18.2 Å². The molecule has 142 valence electrons. The summed E-state index contributed by atoms with van der Waals surface area (Å²) in [5, 5.41) is 8.17. The van der Waals surface area contributed by atoms with E-state index in [-0.39, 0.29) is 17.1 Å². The van der Waals surface area contributed by atoms with Crippen molar-refractivity contribution in [3.05, 3.63) is 30.3 Å². The summed E-state index contributed by atoms with van der Waals surface area (Å²) in [4.78, 5) is 5.90. The third-order valence-electron chi connectivity index (χ3n) is 4.47. The zero-order chi connectivity index (χ0) is 18.7. The lowest BCUT2D eigenvalue weighted by Crippen LogP contribution is -2.63. The number of nitrogens with zero attached hydrogens (tertiary/aromatic N) is 1. The molecule has 2 rings (SSSR count). The normalized spacial score (nSPS) is 23.1. The topological polar surface area (TPSA) is 62.8 Å². The van der Waals surface area contributed by atoms with Crippen molar-refractivity contribution in [3.8, 4) is 5.75 Å². The molecule has 0 saturated carbocycles. The van der Waals surface area contributed by atoms with Crippen molar-refractivity contribution in [2.45, 2.75) is 64.6 Å². The van der Waals surface area contributed by atoms with Gasteiger partial charge in [-0.05, 0) is 66.6 Å². The van der Waals surface area contributed by atoms with E-state index in [0.717, 1.165) is 12.8 Å². The number of nitrogens with one attached hydrogen (secondary N) is 2. The molecule has 0 aliphatic carbocycles. The van der Waals surface area contributed by atoms with Gasteiger partial charge in [0.25, 0.3) is 0 Å². The van der Waals surface area contributed by atoms with Crippen molar-refractivity contribution >= 4 is 7.67 Å². The van der Waals surface area contributed by atoms with Crippen molar-refractivity contribution in [1.82, 2.24) is 15.2 Å². The summed E-state index contributed by atoms with van der Waals surface area (Å²) in [5.74, 6) is 0.581. The van der Waals surface area contributed by atoms with E-state index in [9.17, 15) is 4.57 Å². The summed E-state index contributed by atoms with van der Waals surface area (Å²) < 4.78 is 18.9. The average molecular weight is 369 g/mol. The van der Waals surface area contributed by atoms with Gasteiger partial charge in [-0.2, -0.15) is 5.06 Å². The summed E-state index contributed by atoms with van der Waals surface area (Å²) in [6.07, 6.45) is 1.61. The van der Waals surface area contributed by atoms with Crippen molar-refractivity contribution in [2.24, 2.45) is 0 Å². The highest BCUT2D eigenvalue weighted by Gasteiger charge is 2.47. The van der Waals surface area contributed by atoms with E-state index >= 15 is 0 Å². The van der Waals surface area contributed by atoms with E-state index in [2.05, 4.69) is 42.9 Å². The van der Waals surface area contributed by atoms with Crippen LogP contribution in [0.25, 0.3) is 0 Å². The van der Waals surface area contributed by atoms with Crippen LogP contribution in [0.15, 0.2) is 30.3 Å². The molecule has 0 radical (unpaired) electrons. The molecule has 0 amide bonds. The van der Waals surface area contributed by atoms with Crippen molar-refractivity contribution in [1.29, 1.82) is 0 Å². The molecular formula is C18H32N3O3P. The predicted molar refractivity (Wildman–Crippen MR) is 102 cm³/mol. The Morgan fingerprint density at radius 3 is 2.20 bits per heavy atom. The smallest absolute Gasteiger partial charge is 0.390 e. The first kappa shape index (κ1) is 20.4. The number of hydrogen-bond donors (Lipinski definition) is 2. The maximum atomic E-state index is 13.2. The molecule has 2 N–H and O–H groups in total. The Labute approximate surface area is 151 Å². The average Bonchev–Trinajstić information content (AvgIpc) is 2.51. The lowest BCUT2D eigenvalue weighted by Gasteiger charge is -2.54. The van der Waals surface area contributed by atoms with Crippen LogP contribution in [0.5, 0.6) is 5.75 Å². The molecule has 1 aromatic carbocycles. The summed E-state index contributed by atoms with van der Waals surface area (Å²) in [6, 6.07) is 9.28. The van der Waals surface area contributed by atoms with Gasteiger partial charge in [0.05, 0.1) is 6.61 Å². The van der Waals surface area contributed by atoms with Crippen LogP contribution in [0.3, 0.4) is 0 Å². The molecule has 0 bridgehead atoms. The molecule has 1 heterocycles. The Hall–Kier alpha value is -0.910.